The number of nitrogens with one attached hydrogen (secondary N) is 1. The van der Waals surface area contributed by atoms with Crippen molar-refractivity contribution in [2.75, 3.05) is 0 Å². The Morgan fingerprint density at radius 2 is 0.835 bits per heavy atom. The number of esters is 1. The smallest absolute Gasteiger partial charge is 0.339 e. The van der Waals surface area contributed by atoms with Crippen molar-refractivity contribution in [1.82, 2.24) is 20.0 Å². The normalized spacial score (nSPS) is 29.7. The number of carbonyl (C=O) groups is 3. The second-order valence-corrected chi connectivity index (χ2v) is 27.9. The first kappa shape index (κ1) is 65.1. The minimum atomic E-state index is -0.910. The van der Waals surface area contributed by atoms with Gasteiger partial charge in [0, 0.05) is 124 Å². The average molecular weight is 1380 g/mol. The number of halogens is 1. The quantitative estimate of drug-likeness (QED) is 0.0901. The Morgan fingerprint density at radius 1 is 0.462 bits per heavy atom. The first-order valence-corrected chi connectivity index (χ1v) is 33.7. The summed E-state index contributed by atoms with van der Waals surface area (Å²) >= 11 is 3.12. The molecule has 11 nitrogen and oxygen atoms in total. The van der Waals surface area contributed by atoms with Crippen LogP contribution in [0.25, 0.3) is 0 Å². The van der Waals surface area contributed by atoms with Gasteiger partial charge in [0.2, 0.25) is 0 Å². The summed E-state index contributed by atoms with van der Waals surface area (Å²) in [5.74, 6) is -0.578. The van der Waals surface area contributed by atoms with Crippen LogP contribution in [0.5, 0.6) is 0 Å². The number of piperidine rings is 4. The third-order valence-corrected chi connectivity index (χ3v) is 22.4. The summed E-state index contributed by atoms with van der Waals surface area (Å²) in [4.78, 5) is 42.1. The van der Waals surface area contributed by atoms with Crippen molar-refractivity contribution in [3.05, 3.63) is 256 Å². The number of carbonyl (C=O) groups excluding carboxylic acids is 2. The minimum Gasteiger partial charge on any atom is -0.478 e. The summed E-state index contributed by atoms with van der Waals surface area (Å²) in [6.45, 7) is 4.73. The number of fused-ring (bicyclic) bond motifs is 14. The molecule has 8 fully saturated rings. The Bertz CT molecular complexity index is 3590. The van der Waals surface area contributed by atoms with Gasteiger partial charge in [-0.1, -0.05) is 170 Å². The monoisotopic (exact) mass is 1380 g/mol. The van der Waals surface area contributed by atoms with Gasteiger partial charge in [-0.05, 0) is 150 Å². The number of carboxylic acid groups (broad SMARTS) is 1. The summed E-state index contributed by atoms with van der Waals surface area (Å²) in [6, 6.07) is 69.2. The molecule has 7 aromatic rings. The van der Waals surface area contributed by atoms with Gasteiger partial charge in [-0.15, -0.1) is 0 Å². The molecule has 0 radical (unpaired) electrons. The van der Waals surface area contributed by atoms with Gasteiger partial charge in [-0.3, -0.25) is 19.5 Å². The Hall–Kier alpha value is -5.95. The Labute approximate surface area is 560 Å². The zero-order valence-electron chi connectivity index (χ0n) is 52.3. The molecule has 8 unspecified atom stereocenters. The molecule has 0 amide bonds. The summed E-state index contributed by atoms with van der Waals surface area (Å²) in [5.41, 5.74) is 11.8. The molecular weight excluding hydrogens is 1290 g/mol. The van der Waals surface area contributed by atoms with E-state index in [1.165, 1.54) is 103 Å². The van der Waals surface area contributed by atoms with Crippen molar-refractivity contribution in [2.24, 2.45) is 0 Å². The van der Waals surface area contributed by atoms with E-state index >= 15 is 0 Å². The van der Waals surface area contributed by atoms with Gasteiger partial charge >= 0.3 is 11.9 Å². The zero-order valence-corrected chi connectivity index (χ0v) is 55.4. The molecule has 8 saturated heterocycles. The van der Waals surface area contributed by atoms with Crippen LogP contribution in [0, 0.1) is 7.43 Å². The zero-order chi connectivity index (χ0) is 60.5. The van der Waals surface area contributed by atoms with Crippen LogP contribution in [-0.4, -0.2) is 85.9 Å². The van der Waals surface area contributed by atoms with Crippen LogP contribution in [0.2, 0.25) is 0 Å². The summed E-state index contributed by atoms with van der Waals surface area (Å²) in [6.07, 6.45) is 18.2. The van der Waals surface area contributed by atoms with Crippen molar-refractivity contribution < 1.29 is 54.1 Å². The number of carboxylic acids is 1. The second kappa shape index (κ2) is 28.3. The molecule has 11 aliphatic rings. The molecule has 13 heteroatoms. The molecule has 478 valence electrons. The van der Waals surface area contributed by atoms with E-state index in [9.17, 15) is 14.4 Å². The number of ether oxygens (including phenoxy) is 3. The molecule has 8 atom stereocenters. The van der Waals surface area contributed by atoms with Crippen molar-refractivity contribution in [3.63, 3.8) is 0 Å². The van der Waals surface area contributed by atoms with Crippen molar-refractivity contribution in [2.45, 2.75) is 201 Å². The summed E-state index contributed by atoms with van der Waals surface area (Å²) in [5, 5.41) is 12.2. The Morgan fingerprint density at radius 3 is 1.29 bits per heavy atom. The second-order valence-electron chi connectivity index (χ2n) is 27.0. The van der Waals surface area contributed by atoms with Crippen LogP contribution < -0.4 is 5.32 Å². The van der Waals surface area contributed by atoms with Crippen LogP contribution in [0.4, 0.5) is 0 Å². The van der Waals surface area contributed by atoms with E-state index in [0.717, 1.165) is 82.5 Å². The molecule has 8 bridgehead atoms. The largest absolute Gasteiger partial charge is 0.478 e. The van der Waals surface area contributed by atoms with Gasteiger partial charge < -0.3 is 32.1 Å². The van der Waals surface area contributed by atoms with E-state index in [1.54, 1.807) is 24.3 Å². The number of benzene rings is 7. The number of nitrogens with zero attached hydrogens (tertiary/aromatic N) is 3. The van der Waals surface area contributed by atoms with Crippen LogP contribution in [0.15, 0.2) is 193 Å². The van der Waals surface area contributed by atoms with Gasteiger partial charge in [0.15, 0.2) is 0 Å². The number of hydrogen-bond acceptors (Lipinski definition) is 10. The van der Waals surface area contributed by atoms with Crippen molar-refractivity contribution in [1.29, 1.82) is 0 Å². The predicted octanol–water partition coefficient (Wildman–Crippen LogP) is 15.4. The molecule has 91 heavy (non-hydrogen) atoms. The molecule has 2 N–H and O–H groups in total. The van der Waals surface area contributed by atoms with Crippen LogP contribution in [0.3, 0.4) is 0 Å². The van der Waals surface area contributed by atoms with Crippen LogP contribution in [0.1, 0.15) is 168 Å². The molecule has 0 aliphatic carbocycles. The maximum atomic E-state index is 12.3. The van der Waals surface area contributed by atoms with Gasteiger partial charge in [0.1, 0.15) is 11.4 Å². The van der Waals surface area contributed by atoms with Gasteiger partial charge in [0.25, 0.3) is 0 Å². The van der Waals surface area contributed by atoms with E-state index in [1.807, 2.05) is 18.2 Å². The fourth-order valence-electron chi connectivity index (χ4n) is 17.6. The number of hydrogen-bond donors (Lipinski definition) is 2. The molecule has 11 aliphatic heterocycles. The fourth-order valence-corrected chi connectivity index (χ4v) is 18.1. The molecule has 0 saturated carbocycles. The average Bonchev–Trinajstić information content (AvgIpc) is 1.61. The number of Topliss-reactive ketones (excluding diaryl/α,β-unsaturated/α-hetero) is 1. The SMILES string of the molecule is O=C(O)c1ccccc1Br.O=C1CC2CCC(C1)N2Cc1ccccc1.O=C1OC2(CC3CCC(C2)N3Cc2ccccc2)c2ccccc21.[CH3-].[Pd].c1ccc(CN2C3CCC2CC2(C3)OCc3ccccc32)cc1.c1ccc2c(c1)COC21CC2CCC(C1)N2. The first-order valence-electron chi connectivity index (χ1n) is 32.9. The third-order valence-electron chi connectivity index (χ3n) is 21.7. The third kappa shape index (κ3) is 13.7. The maximum absolute atomic E-state index is 12.3. The summed E-state index contributed by atoms with van der Waals surface area (Å²) in [7, 11) is 0. The minimum absolute atomic E-state index is 0. The molecule has 3 spiro atoms. The van der Waals surface area contributed by atoms with Crippen LogP contribution >= 0.6 is 15.9 Å². The topological polar surface area (TPSA) is 121 Å². The molecular formula is C78H86BrN4O7Pd-. The van der Waals surface area contributed by atoms with E-state index in [4.69, 9.17) is 19.3 Å². The van der Waals surface area contributed by atoms with E-state index in [2.05, 4.69) is 182 Å². The van der Waals surface area contributed by atoms with Crippen LogP contribution in [-0.2, 0) is 89.1 Å². The maximum Gasteiger partial charge on any atom is 0.339 e. The Balaban J connectivity index is 0.000000112. The molecule has 7 aromatic carbocycles. The van der Waals surface area contributed by atoms with Crippen molar-refractivity contribution in [3.8, 4) is 0 Å². The molecule has 11 heterocycles. The standard InChI is InChI=1S/C21H21NO2.C21H23NO.2C14H17NO.C7H5BrO2.CH3.Pd/c23-20-18-8-4-5-9-19(18)21(24-20)12-16-10-11-17(13-21)22(16)14-15-6-2-1-3-7-15;1-2-6-16(7-3-1)14-22-18-10-11-19(22)13-21(12-18)20-9-5-4-8-17(20)15-23-21;1-2-4-13-10(3-1)9-16-14(13)7-11-5-6-12(8-14)15-11;16-14-8-12-6-7-13(9-14)15(12)10-11-4-2-1-3-5-11;8-6-4-2-1-3-5(6)7(9)10;;/h1-9,16-17H,10-14H2;1-9,18-19H,10-15H2;1-4,11-12,15H,5-9H2;1-5,12-13H,6-10H2;1-4H,(H,9,10);1H3;/q;;;;;-1;. The fraction of sp³-hybridized carbons (Fsp3) is 0.410. The molecule has 0 aromatic heterocycles. The molecule has 18 rings (SSSR count). The number of aromatic carboxylic acids is 1. The van der Waals surface area contributed by atoms with E-state index in [-0.39, 0.29) is 50.6 Å². The van der Waals surface area contributed by atoms with Crippen molar-refractivity contribution >= 4 is 33.7 Å². The predicted molar refractivity (Wildman–Crippen MR) is 355 cm³/mol. The first-order chi connectivity index (χ1) is 43.5. The number of ketones is 1. The number of rotatable bonds is 7. The van der Waals surface area contributed by atoms with Gasteiger partial charge in [-0.2, -0.15) is 0 Å². The summed E-state index contributed by atoms with van der Waals surface area (Å²) < 4.78 is 19.2. The van der Waals surface area contributed by atoms with Gasteiger partial charge in [-0.25, -0.2) is 9.59 Å². The Kier molecular flexibility index (Phi) is 20.3. The van der Waals surface area contributed by atoms with E-state index in [0.29, 0.717) is 64.2 Å². The van der Waals surface area contributed by atoms with Gasteiger partial charge in [0.05, 0.1) is 35.5 Å². The van der Waals surface area contributed by atoms with E-state index < -0.39 is 5.97 Å².